The Labute approximate surface area is 311 Å². The number of hydrogen-bond acceptors (Lipinski definition) is 3. The third-order valence-electron chi connectivity index (χ3n) is 10.1. The van der Waals surface area contributed by atoms with Gasteiger partial charge in [-0.15, -0.1) is 0 Å². The fourth-order valence-electron chi connectivity index (χ4n) is 7.39. The SMILES string of the molecule is Nc1cccc(-c2ccc(C(c3ccc(C#CC4C=CC=C4)cc3)(c3ccc(-c4cccc(N)c4)cc3)c3ccc(-c4cccc(N)c4)cc3)cc2)c1. The second-order valence-electron chi connectivity index (χ2n) is 13.5. The number of anilines is 3. The fourth-order valence-corrected chi connectivity index (χ4v) is 7.39. The molecule has 1 aliphatic rings. The number of allylic oxidation sites excluding steroid dienone is 4. The summed E-state index contributed by atoms with van der Waals surface area (Å²) in [5.41, 5.74) is 32.2. The molecule has 0 aromatic heterocycles. The van der Waals surface area contributed by atoms with Gasteiger partial charge >= 0.3 is 0 Å². The van der Waals surface area contributed by atoms with Gasteiger partial charge < -0.3 is 17.2 Å². The van der Waals surface area contributed by atoms with Crippen molar-refractivity contribution >= 4 is 17.1 Å². The van der Waals surface area contributed by atoms with Crippen molar-refractivity contribution in [1.29, 1.82) is 0 Å². The summed E-state index contributed by atoms with van der Waals surface area (Å²) in [4.78, 5) is 0. The lowest BCUT2D eigenvalue weighted by molar-refractivity contribution is 0.745. The van der Waals surface area contributed by atoms with Crippen LogP contribution >= 0.6 is 0 Å². The molecule has 1 aliphatic carbocycles. The molecule has 0 unspecified atom stereocenters. The predicted octanol–water partition coefficient (Wildman–Crippen LogP) is 10.9. The molecule has 0 amide bonds. The molecule has 0 aliphatic heterocycles. The topological polar surface area (TPSA) is 78.1 Å². The lowest BCUT2D eigenvalue weighted by Crippen LogP contribution is -2.31. The summed E-state index contributed by atoms with van der Waals surface area (Å²) in [5.74, 6) is 6.91. The molecule has 0 spiro atoms. The molecule has 0 radical (unpaired) electrons. The van der Waals surface area contributed by atoms with E-state index in [1.807, 2.05) is 66.7 Å². The smallest absolute Gasteiger partial charge is 0.0701 e. The van der Waals surface area contributed by atoms with Gasteiger partial charge in [0.2, 0.25) is 0 Å². The molecule has 3 heteroatoms. The van der Waals surface area contributed by atoms with Crippen LogP contribution in [0.5, 0.6) is 0 Å². The van der Waals surface area contributed by atoms with Gasteiger partial charge in [-0.05, 0) is 104 Å². The van der Waals surface area contributed by atoms with Gasteiger partial charge in [-0.25, -0.2) is 0 Å². The van der Waals surface area contributed by atoms with Gasteiger partial charge in [-0.2, -0.15) is 0 Å². The van der Waals surface area contributed by atoms with Crippen LogP contribution in [-0.4, -0.2) is 0 Å². The number of nitrogen functional groups attached to an aromatic ring is 3. The van der Waals surface area contributed by atoms with Crippen molar-refractivity contribution in [2.45, 2.75) is 5.41 Å². The summed E-state index contributed by atoms with van der Waals surface area (Å²) in [7, 11) is 0. The average Bonchev–Trinajstić information content (AvgIpc) is 3.73. The highest BCUT2D eigenvalue weighted by Gasteiger charge is 2.38. The molecule has 3 nitrogen and oxygen atoms in total. The van der Waals surface area contributed by atoms with E-state index >= 15 is 0 Å². The van der Waals surface area contributed by atoms with E-state index < -0.39 is 5.41 Å². The Bertz CT molecular complexity index is 2290. The Kier molecular flexibility index (Phi) is 8.95. The summed E-state index contributed by atoms with van der Waals surface area (Å²) in [6, 6.07) is 59.5. The summed E-state index contributed by atoms with van der Waals surface area (Å²) < 4.78 is 0. The third kappa shape index (κ3) is 6.75. The molecule has 53 heavy (non-hydrogen) atoms. The zero-order valence-electron chi connectivity index (χ0n) is 29.3. The summed E-state index contributed by atoms with van der Waals surface area (Å²) in [6.45, 7) is 0. The summed E-state index contributed by atoms with van der Waals surface area (Å²) in [5, 5.41) is 0. The van der Waals surface area contributed by atoms with E-state index in [1.54, 1.807) is 0 Å². The van der Waals surface area contributed by atoms with Gasteiger partial charge in [0.15, 0.2) is 0 Å². The van der Waals surface area contributed by atoms with Crippen LogP contribution in [0.4, 0.5) is 17.1 Å². The van der Waals surface area contributed by atoms with Crippen LogP contribution in [0.1, 0.15) is 27.8 Å². The Hall–Kier alpha value is -7.02. The molecule has 0 saturated carbocycles. The first-order chi connectivity index (χ1) is 26.0. The Balaban J connectivity index is 1.33. The summed E-state index contributed by atoms with van der Waals surface area (Å²) in [6.07, 6.45) is 8.32. The highest BCUT2D eigenvalue weighted by Crippen LogP contribution is 2.46. The van der Waals surface area contributed by atoms with Crippen LogP contribution < -0.4 is 17.2 Å². The molecule has 0 fully saturated rings. The van der Waals surface area contributed by atoms with Crippen molar-refractivity contribution in [3.63, 3.8) is 0 Å². The number of hydrogen-bond donors (Lipinski definition) is 3. The van der Waals surface area contributed by atoms with Gasteiger partial charge in [0.25, 0.3) is 0 Å². The second kappa shape index (κ2) is 14.3. The normalized spacial score (nSPS) is 12.4. The highest BCUT2D eigenvalue weighted by atomic mass is 14.5. The van der Waals surface area contributed by atoms with E-state index in [2.05, 4.69) is 139 Å². The number of rotatable bonds is 7. The van der Waals surface area contributed by atoms with Crippen LogP contribution in [0.15, 0.2) is 194 Å². The van der Waals surface area contributed by atoms with Gasteiger partial charge in [0.05, 0.1) is 11.3 Å². The highest BCUT2D eigenvalue weighted by molar-refractivity contribution is 5.73. The molecule has 7 aromatic carbocycles. The van der Waals surface area contributed by atoms with Crippen LogP contribution in [0.2, 0.25) is 0 Å². The van der Waals surface area contributed by atoms with Crippen molar-refractivity contribution in [3.8, 4) is 45.2 Å². The minimum atomic E-state index is -0.681. The van der Waals surface area contributed by atoms with Gasteiger partial charge in [0.1, 0.15) is 0 Å². The summed E-state index contributed by atoms with van der Waals surface area (Å²) >= 11 is 0. The van der Waals surface area contributed by atoms with E-state index in [-0.39, 0.29) is 5.92 Å². The van der Waals surface area contributed by atoms with Crippen LogP contribution in [0.25, 0.3) is 33.4 Å². The fraction of sp³-hybridized carbons (Fsp3) is 0.0400. The maximum Gasteiger partial charge on any atom is 0.0701 e. The van der Waals surface area contributed by atoms with Crippen LogP contribution in [0, 0.1) is 17.8 Å². The minimum Gasteiger partial charge on any atom is -0.399 e. The third-order valence-corrected chi connectivity index (χ3v) is 10.1. The molecule has 7 aromatic rings. The lowest BCUT2D eigenvalue weighted by atomic mass is 9.64. The quantitative estimate of drug-likeness (QED) is 0.0890. The van der Waals surface area contributed by atoms with E-state index in [4.69, 9.17) is 17.2 Å². The Morgan fingerprint density at radius 2 is 0.717 bits per heavy atom. The van der Waals surface area contributed by atoms with Crippen molar-refractivity contribution in [3.05, 3.63) is 222 Å². The van der Waals surface area contributed by atoms with Gasteiger partial charge in [-0.1, -0.05) is 157 Å². The van der Waals surface area contributed by atoms with Gasteiger partial charge in [0, 0.05) is 22.6 Å². The van der Waals surface area contributed by atoms with E-state index in [1.165, 1.54) is 0 Å². The standard InChI is InChI=1S/C50H39N3/c51-47-11-3-8-40(32-47)37-18-26-44(27-19-37)50(43-24-16-36(17-25-43)15-14-35-6-1-2-7-35,45-28-20-38(21-29-45)41-9-4-12-48(52)33-41)46-30-22-39(23-31-46)42-10-5-13-49(53)34-42/h1-13,16-35H,51-53H2. The van der Waals surface area contributed by atoms with E-state index in [0.29, 0.717) is 0 Å². The maximum atomic E-state index is 6.19. The first-order valence-electron chi connectivity index (χ1n) is 17.8. The monoisotopic (exact) mass is 681 g/mol. The van der Waals surface area contributed by atoms with Crippen molar-refractivity contribution in [2.75, 3.05) is 17.2 Å². The molecule has 0 bridgehead atoms. The van der Waals surface area contributed by atoms with E-state index in [9.17, 15) is 0 Å². The molecule has 0 saturated heterocycles. The average molecular weight is 682 g/mol. The maximum absolute atomic E-state index is 6.19. The number of benzene rings is 7. The molecule has 6 N–H and O–H groups in total. The molecular formula is C50H39N3. The van der Waals surface area contributed by atoms with Crippen molar-refractivity contribution in [1.82, 2.24) is 0 Å². The van der Waals surface area contributed by atoms with Crippen LogP contribution in [0.3, 0.4) is 0 Å². The Morgan fingerprint density at radius 1 is 0.377 bits per heavy atom. The van der Waals surface area contributed by atoms with Gasteiger partial charge in [-0.3, -0.25) is 0 Å². The first-order valence-corrected chi connectivity index (χ1v) is 17.8. The van der Waals surface area contributed by atoms with Crippen molar-refractivity contribution in [2.24, 2.45) is 5.92 Å². The minimum absolute atomic E-state index is 0.143. The Morgan fingerprint density at radius 3 is 1.06 bits per heavy atom. The zero-order chi connectivity index (χ0) is 36.2. The zero-order valence-corrected chi connectivity index (χ0v) is 29.3. The second-order valence-corrected chi connectivity index (χ2v) is 13.5. The first kappa shape index (κ1) is 33.1. The molecular weight excluding hydrogens is 643 g/mol. The number of nitrogens with two attached hydrogens (primary N) is 3. The van der Waals surface area contributed by atoms with E-state index in [0.717, 1.165) is 78.3 Å². The molecule has 0 heterocycles. The van der Waals surface area contributed by atoms with Crippen LogP contribution in [-0.2, 0) is 5.41 Å². The largest absolute Gasteiger partial charge is 0.399 e. The molecule has 0 atom stereocenters. The van der Waals surface area contributed by atoms with Crippen molar-refractivity contribution < 1.29 is 0 Å². The predicted molar refractivity (Wildman–Crippen MR) is 223 cm³/mol. The molecule has 254 valence electrons. The molecule has 8 rings (SSSR count). The lowest BCUT2D eigenvalue weighted by Gasteiger charge is -2.37.